The molecule has 0 fully saturated rings. The number of carbonyl (C=O) groups is 1. The van der Waals surface area contributed by atoms with Gasteiger partial charge in [0.25, 0.3) is 0 Å². The molecule has 0 bridgehead atoms. The topological polar surface area (TPSA) is 79.4 Å². The van der Waals surface area contributed by atoms with Gasteiger partial charge in [-0.2, -0.15) is 4.31 Å². The van der Waals surface area contributed by atoms with Gasteiger partial charge < -0.3 is 5.32 Å². The Morgan fingerprint density at radius 2 is 1.79 bits per heavy atom. The van der Waals surface area contributed by atoms with E-state index >= 15 is 0 Å². The molecule has 6 nitrogen and oxygen atoms in total. The molecule has 0 aliphatic carbocycles. The first-order valence-electron chi connectivity index (χ1n) is 7.22. The van der Waals surface area contributed by atoms with Crippen molar-refractivity contribution in [3.8, 4) is 0 Å². The van der Waals surface area contributed by atoms with Crippen molar-refractivity contribution in [1.29, 1.82) is 0 Å². The number of rotatable bonds is 6. The normalized spacial score (nSPS) is 12.8. The molecule has 0 aliphatic rings. The van der Waals surface area contributed by atoms with Gasteiger partial charge in [0.15, 0.2) is 0 Å². The van der Waals surface area contributed by atoms with Gasteiger partial charge in [-0.15, -0.1) is 0 Å². The predicted molar refractivity (Wildman–Crippen MR) is 87.0 cm³/mol. The van der Waals surface area contributed by atoms with E-state index in [1.807, 2.05) is 0 Å². The van der Waals surface area contributed by atoms with E-state index < -0.39 is 21.7 Å². The van der Waals surface area contributed by atoms with Crippen LogP contribution in [0.4, 0.5) is 4.39 Å². The van der Waals surface area contributed by atoms with E-state index in [4.69, 9.17) is 0 Å². The van der Waals surface area contributed by atoms with Crippen LogP contribution < -0.4 is 5.32 Å². The number of benzene rings is 1. The van der Waals surface area contributed by atoms with Crippen LogP contribution in [0.5, 0.6) is 0 Å². The molecule has 1 unspecified atom stereocenters. The lowest BCUT2D eigenvalue weighted by atomic mass is 10.1. The largest absolute Gasteiger partial charge is 0.348 e. The van der Waals surface area contributed by atoms with Crippen LogP contribution in [-0.2, 0) is 14.8 Å². The molecule has 0 saturated carbocycles. The highest BCUT2D eigenvalue weighted by Gasteiger charge is 2.23. The number of hydrogen-bond acceptors (Lipinski definition) is 4. The number of nitrogens with one attached hydrogen (secondary N) is 1. The van der Waals surface area contributed by atoms with Gasteiger partial charge in [-0.25, -0.2) is 12.8 Å². The predicted octanol–water partition coefficient (Wildman–Crippen LogP) is 1.72. The molecule has 1 N–H and O–H groups in total. The van der Waals surface area contributed by atoms with Crippen molar-refractivity contribution >= 4 is 15.9 Å². The minimum atomic E-state index is -3.86. The van der Waals surface area contributed by atoms with Crippen molar-refractivity contribution in [2.45, 2.75) is 17.9 Å². The van der Waals surface area contributed by atoms with Crippen LogP contribution in [0, 0.1) is 5.82 Å². The molecule has 128 valence electrons. The van der Waals surface area contributed by atoms with E-state index in [1.165, 1.54) is 19.2 Å². The van der Waals surface area contributed by atoms with Gasteiger partial charge in [0, 0.05) is 19.4 Å². The number of carbonyl (C=O) groups excluding carboxylic acids is 1. The Morgan fingerprint density at radius 3 is 2.38 bits per heavy atom. The van der Waals surface area contributed by atoms with E-state index in [0.29, 0.717) is 0 Å². The molecule has 2 aromatic rings. The minimum absolute atomic E-state index is 0.0682. The third-order valence-corrected chi connectivity index (χ3v) is 5.29. The maximum Gasteiger partial charge on any atom is 0.243 e. The molecule has 1 atom stereocenters. The van der Waals surface area contributed by atoms with E-state index in [0.717, 1.165) is 22.0 Å². The Kier molecular flexibility index (Phi) is 5.63. The Bertz CT molecular complexity index is 795. The van der Waals surface area contributed by atoms with E-state index in [9.17, 15) is 17.6 Å². The Balaban J connectivity index is 2.01. The Hall–Kier alpha value is -2.32. The van der Waals surface area contributed by atoms with Crippen LogP contribution in [0.3, 0.4) is 0 Å². The van der Waals surface area contributed by atoms with Crippen molar-refractivity contribution < 1.29 is 17.6 Å². The average Bonchev–Trinajstić information content (AvgIpc) is 2.55. The minimum Gasteiger partial charge on any atom is -0.348 e. The summed E-state index contributed by atoms with van der Waals surface area (Å²) in [5.41, 5.74) is 0.863. The monoisotopic (exact) mass is 351 g/mol. The number of halogens is 1. The van der Waals surface area contributed by atoms with Crippen LogP contribution in [0.1, 0.15) is 18.5 Å². The molecule has 8 heteroatoms. The van der Waals surface area contributed by atoms with Crippen LogP contribution in [0.25, 0.3) is 0 Å². The molecular weight excluding hydrogens is 333 g/mol. The number of hydrogen-bond donors (Lipinski definition) is 1. The van der Waals surface area contributed by atoms with Gasteiger partial charge in [-0.05, 0) is 48.9 Å². The highest BCUT2D eigenvalue weighted by atomic mass is 32.2. The highest BCUT2D eigenvalue weighted by Crippen LogP contribution is 2.15. The standard InChI is InChI=1S/C16H18FN3O3S/c1-12(13-7-9-18-10-8-13)19-16(21)11-20(2)24(22,23)15-5-3-14(17)4-6-15/h3-10,12H,11H2,1-2H3,(H,19,21). The maximum atomic E-state index is 12.9. The molecule has 0 aliphatic heterocycles. The number of amides is 1. The summed E-state index contributed by atoms with van der Waals surface area (Å²) in [5, 5.41) is 2.73. The van der Waals surface area contributed by atoms with Gasteiger partial charge >= 0.3 is 0 Å². The van der Waals surface area contributed by atoms with Gasteiger partial charge in [0.1, 0.15) is 5.82 Å². The van der Waals surface area contributed by atoms with Crippen LogP contribution >= 0.6 is 0 Å². The summed E-state index contributed by atoms with van der Waals surface area (Å²) in [4.78, 5) is 15.9. The summed E-state index contributed by atoms with van der Waals surface area (Å²) in [5.74, 6) is -0.965. The molecular formula is C16H18FN3O3S. The number of likely N-dealkylation sites (N-methyl/N-ethyl adjacent to an activating group) is 1. The fourth-order valence-electron chi connectivity index (χ4n) is 2.10. The second kappa shape index (κ2) is 7.50. The quantitative estimate of drug-likeness (QED) is 0.859. The summed E-state index contributed by atoms with van der Waals surface area (Å²) in [6.45, 7) is 1.46. The highest BCUT2D eigenvalue weighted by molar-refractivity contribution is 7.89. The molecule has 0 saturated heterocycles. The third kappa shape index (κ3) is 4.36. The van der Waals surface area contributed by atoms with Crippen molar-refractivity contribution in [1.82, 2.24) is 14.6 Å². The lowest BCUT2D eigenvalue weighted by Crippen LogP contribution is -2.39. The summed E-state index contributed by atoms with van der Waals surface area (Å²) in [6.07, 6.45) is 3.23. The van der Waals surface area contributed by atoms with Gasteiger partial charge in [0.05, 0.1) is 17.5 Å². The molecule has 1 amide bonds. The zero-order valence-corrected chi connectivity index (χ0v) is 14.1. The number of sulfonamides is 1. The number of nitrogens with zero attached hydrogens (tertiary/aromatic N) is 2. The second-order valence-electron chi connectivity index (χ2n) is 5.28. The lowest BCUT2D eigenvalue weighted by molar-refractivity contribution is -0.121. The Labute approximate surface area is 140 Å². The average molecular weight is 351 g/mol. The van der Waals surface area contributed by atoms with Gasteiger partial charge in [0.2, 0.25) is 15.9 Å². The van der Waals surface area contributed by atoms with E-state index in [1.54, 1.807) is 31.5 Å². The fraction of sp³-hybridized carbons (Fsp3) is 0.250. The van der Waals surface area contributed by atoms with Crippen molar-refractivity contribution in [2.24, 2.45) is 0 Å². The van der Waals surface area contributed by atoms with E-state index in [-0.39, 0.29) is 17.5 Å². The van der Waals surface area contributed by atoms with Crippen LogP contribution in [0.15, 0.2) is 53.7 Å². The van der Waals surface area contributed by atoms with Crippen LogP contribution in [-0.4, -0.2) is 37.2 Å². The first-order chi connectivity index (χ1) is 11.3. The van der Waals surface area contributed by atoms with E-state index in [2.05, 4.69) is 10.3 Å². The summed E-state index contributed by atoms with van der Waals surface area (Å²) < 4.78 is 38.5. The number of pyridine rings is 1. The molecule has 2 rings (SSSR count). The second-order valence-corrected chi connectivity index (χ2v) is 7.33. The van der Waals surface area contributed by atoms with Crippen LogP contribution in [0.2, 0.25) is 0 Å². The molecule has 0 spiro atoms. The summed E-state index contributed by atoms with van der Waals surface area (Å²) in [6, 6.07) is 7.71. The molecule has 1 aromatic heterocycles. The molecule has 24 heavy (non-hydrogen) atoms. The SMILES string of the molecule is CC(NC(=O)CN(C)S(=O)(=O)c1ccc(F)cc1)c1ccncc1. The van der Waals surface area contributed by atoms with Gasteiger partial charge in [-0.3, -0.25) is 9.78 Å². The summed E-state index contributed by atoms with van der Waals surface area (Å²) in [7, 11) is -2.55. The summed E-state index contributed by atoms with van der Waals surface area (Å²) >= 11 is 0. The molecule has 1 heterocycles. The maximum absolute atomic E-state index is 12.9. The first kappa shape index (κ1) is 18.0. The smallest absolute Gasteiger partial charge is 0.243 e. The third-order valence-electron chi connectivity index (χ3n) is 3.47. The zero-order valence-electron chi connectivity index (χ0n) is 13.3. The molecule has 0 radical (unpaired) electrons. The number of aromatic nitrogens is 1. The molecule has 1 aromatic carbocycles. The van der Waals surface area contributed by atoms with Crippen molar-refractivity contribution in [3.63, 3.8) is 0 Å². The van der Waals surface area contributed by atoms with Crippen molar-refractivity contribution in [2.75, 3.05) is 13.6 Å². The fourth-order valence-corrected chi connectivity index (χ4v) is 3.22. The van der Waals surface area contributed by atoms with Gasteiger partial charge in [-0.1, -0.05) is 0 Å². The van der Waals surface area contributed by atoms with Crippen molar-refractivity contribution in [3.05, 3.63) is 60.2 Å². The first-order valence-corrected chi connectivity index (χ1v) is 8.66. The Morgan fingerprint density at radius 1 is 1.21 bits per heavy atom. The zero-order chi connectivity index (χ0) is 17.7. The lowest BCUT2D eigenvalue weighted by Gasteiger charge is -2.19.